The van der Waals surface area contributed by atoms with Crippen molar-refractivity contribution in [2.75, 3.05) is 4.90 Å². The van der Waals surface area contributed by atoms with Gasteiger partial charge in [0.05, 0.1) is 0 Å². The van der Waals surface area contributed by atoms with Gasteiger partial charge in [-0.15, -0.1) is 0 Å². The second-order valence-corrected chi connectivity index (χ2v) is 6.44. The van der Waals surface area contributed by atoms with E-state index < -0.39 is 12.0 Å². The molecule has 0 fully saturated rings. The third-order valence-corrected chi connectivity index (χ3v) is 4.22. The summed E-state index contributed by atoms with van der Waals surface area (Å²) in [5, 5.41) is 10.00. The van der Waals surface area contributed by atoms with Crippen molar-refractivity contribution in [1.29, 1.82) is 0 Å². The van der Waals surface area contributed by atoms with Crippen LogP contribution in [0.15, 0.2) is 18.2 Å². The third-order valence-electron chi connectivity index (χ3n) is 3.99. The highest BCUT2D eigenvalue weighted by molar-refractivity contribution is 6.30. The lowest BCUT2D eigenvalue weighted by atomic mass is 9.79. The number of nitrogens with zero attached hydrogens (tertiary/aromatic N) is 1. The molecule has 0 amide bonds. The van der Waals surface area contributed by atoms with Gasteiger partial charge in [-0.3, -0.25) is 0 Å². The first-order valence-corrected chi connectivity index (χ1v) is 6.93. The van der Waals surface area contributed by atoms with Crippen molar-refractivity contribution in [2.45, 2.75) is 51.6 Å². The molecule has 1 N–H and O–H groups in total. The van der Waals surface area contributed by atoms with Crippen molar-refractivity contribution in [3.63, 3.8) is 0 Å². The molecule has 4 heteroatoms. The Hall–Kier alpha value is -1.22. The van der Waals surface area contributed by atoms with E-state index in [4.69, 9.17) is 11.6 Å². The second-order valence-electron chi connectivity index (χ2n) is 6.00. The van der Waals surface area contributed by atoms with Crippen molar-refractivity contribution in [1.82, 2.24) is 0 Å². The Morgan fingerprint density at radius 3 is 2.74 bits per heavy atom. The highest BCUT2D eigenvalue weighted by atomic mass is 35.5. The van der Waals surface area contributed by atoms with E-state index in [1.54, 1.807) is 6.92 Å². The van der Waals surface area contributed by atoms with Gasteiger partial charge in [-0.25, -0.2) is 4.79 Å². The average molecular weight is 282 g/mol. The molecule has 2 rings (SSSR count). The van der Waals surface area contributed by atoms with Crippen LogP contribution >= 0.6 is 11.6 Å². The Bertz CT molecular complexity index is 513. The van der Waals surface area contributed by atoms with Crippen LogP contribution in [0.3, 0.4) is 0 Å². The van der Waals surface area contributed by atoms with E-state index in [1.165, 1.54) is 5.56 Å². The van der Waals surface area contributed by atoms with E-state index in [0.717, 1.165) is 12.1 Å². The normalized spacial score (nSPS) is 22.8. The maximum Gasteiger partial charge on any atom is 0.326 e. The molecule has 1 aromatic carbocycles. The van der Waals surface area contributed by atoms with Gasteiger partial charge in [0.25, 0.3) is 0 Å². The van der Waals surface area contributed by atoms with Gasteiger partial charge in [-0.1, -0.05) is 24.6 Å². The zero-order valence-electron chi connectivity index (χ0n) is 11.8. The average Bonchev–Trinajstić information content (AvgIpc) is 2.26. The second kappa shape index (κ2) is 4.71. The fraction of sp³-hybridized carbons (Fsp3) is 0.533. The number of rotatable bonds is 2. The van der Waals surface area contributed by atoms with Crippen molar-refractivity contribution >= 4 is 23.3 Å². The summed E-state index contributed by atoms with van der Waals surface area (Å²) in [6.45, 7) is 8.08. The van der Waals surface area contributed by atoms with Crippen LogP contribution in [0.2, 0.25) is 5.02 Å². The Morgan fingerprint density at radius 2 is 2.16 bits per heavy atom. The van der Waals surface area contributed by atoms with Gasteiger partial charge in [0.1, 0.15) is 6.04 Å². The number of carboxylic acids is 1. The van der Waals surface area contributed by atoms with Crippen LogP contribution in [0.5, 0.6) is 0 Å². The van der Waals surface area contributed by atoms with E-state index in [0.29, 0.717) is 10.9 Å². The summed E-state index contributed by atoms with van der Waals surface area (Å²) in [6, 6.07) is 5.20. The van der Waals surface area contributed by atoms with Gasteiger partial charge < -0.3 is 10.0 Å². The van der Waals surface area contributed by atoms with Crippen LogP contribution in [-0.2, 0) is 4.79 Å². The minimum atomic E-state index is -0.812. The molecular weight excluding hydrogens is 262 g/mol. The number of carboxylic acid groups (broad SMARTS) is 1. The van der Waals surface area contributed by atoms with E-state index in [2.05, 4.69) is 20.8 Å². The Labute approximate surface area is 119 Å². The topological polar surface area (TPSA) is 40.5 Å². The van der Waals surface area contributed by atoms with Gasteiger partial charge in [-0.2, -0.15) is 0 Å². The lowest BCUT2D eigenvalue weighted by Crippen LogP contribution is -2.55. The van der Waals surface area contributed by atoms with Crippen molar-refractivity contribution < 1.29 is 9.90 Å². The molecule has 0 bridgehead atoms. The minimum Gasteiger partial charge on any atom is -0.480 e. The van der Waals surface area contributed by atoms with Gasteiger partial charge >= 0.3 is 5.97 Å². The molecule has 2 atom stereocenters. The molecule has 1 aromatic rings. The standard InChI is InChI=1S/C15H20ClNO2/c1-9-8-15(3,4)17(10(2)14(18)19)13-7-11(16)5-6-12(9)13/h5-7,9-10H,8H2,1-4H3,(H,18,19)/t9-,10+/m0/s1. The van der Waals surface area contributed by atoms with E-state index >= 15 is 0 Å². The predicted molar refractivity (Wildman–Crippen MR) is 78.1 cm³/mol. The summed E-state index contributed by atoms with van der Waals surface area (Å²) in [4.78, 5) is 13.4. The lowest BCUT2D eigenvalue weighted by molar-refractivity contribution is -0.138. The molecule has 104 valence electrons. The maximum absolute atomic E-state index is 11.4. The van der Waals surface area contributed by atoms with Crippen molar-refractivity contribution in [2.24, 2.45) is 0 Å². The van der Waals surface area contributed by atoms with Crippen LogP contribution in [0, 0.1) is 0 Å². The van der Waals surface area contributed by atoms with Crippen molar-refractivity contribution in [3.8, 4) is 0 Å². The Kier molecular flexibility index (Phi) is 3.52. The van der Waals surface area contributed by atoms with Crippen LogP contribution in [0.25, 0.3) is 0 Å². The smallest absolute Gasteiger partial charge is 0.326 e. The third kappa shape index (κ3) is 2.44. The monoisotopic (exact) mass is 281 g/mol. The highest BCUT2D eigenvalue weighted by Crippen LogP contribution is 2.45. The predicted octanol–water partition coefficient (Wildman–Crippen LogP) is 3.91. The van der Waals surface area contributed by atoms with E-state index in [9.17, 15) is 9.90 Å². The molecule has 0 unspecified atom stereocenters. The van der Waals surface area contributed by atoms with Gasteiger partial charge in [0.15, 0.2) is 0 Å². The molecule has 1 heterocycles. The number of fused-ring (bicyclic) bond motifs is 1. The molecule has 0 spiro atoms. The molecule has 0 radical (unpaired) electrons. The Balaban J connectivity index is 2.60. The van der Waals surface area contributed by atoms with Crippen LogP contribution < -0.4 is 4.90 Å². The number of carbonyl (C=O) groups is 1. The number of aliphatic carboxylic acids is 1. The van der Waals surface area contributed by atoms with Crippen LogP contribution in [0.4, 0.5) is 5.69 Å². The van der Waals surface area contributed by atoms with Crippen LogP contribution in [0.1, 0.15) is 45.6 Å². The first kappa shape index (κ1) is 14.2. The molecule has 0 aromatic heterocycles. The minimum absolute atomic E-state index is 0.199. The number of hydrogen-bond acceptors (Lipinski definition) is 2. The molecular formula is C15H20ClNO2. The molecule has 1 aliphatic rings. The molecule has 0 saturated heterocycles. The summed E-state index contributed by atoms with van der Waals surface area (Å²) >= 11 is 6.09. The summed E-state index contributed by atoms with van der Waals surface area (Å²) in [6.07, 6.45) is 0.930. The summed E-state index contributed by atoms with van der Waals surface area (Å²) in [5.74, 6) is -0.409. The number of hydrogen-bond donors (Lipinski definition) is 1. The summed E-state index contributed by atoms with van der Waals surface area (Å²) in [5.41, 5.74) is 1.93. The quantitative estimate of drug-likeness (QED) is 0.894. The van der Waals surface area contributed by atoms with E-state index in [-0.39, 0.29) is 5.54 Å². The SMILES string of the molecule is C[C@H](C(=O)O)N1c2cc(Cl)ccc2[C@@H](C)CC1(C)C. The zero-order chi connectivity index (χ0) is 14.4. The first-order chi connectivity index (χ1) is 8.74. The van der Waals surface area contributed by atoms with Gasteiger partial charge in [-0.05, 0) is 50.8 Å². The molecule has 3 nitrogen and oxygen atoms in total. The summed E-state index contributed by atoms with van der Waals surface area (Å²) < 4.78 is 0. The first-order valence-electron chi connectivity index (χ1n) is 6.55. The van der Waals surface area contributed by atoms with Gasteiger partial charge in [0, 0.05) is 16.2 Å². The van der Waals surface area contributed by atoms with Crippen LogP contribution in [-0.4, -0.2) is 22.7 Å². The Morgan fingerprint density at radius 1 is 1.53 bits per heavy atom. The molecule has 0 saturated carbocycles. The fourth-order valence-corrected chi connectivity index (χ4v) is 3.44. The number of benzene rings is 1. The fourth-order valence-electron chi connectivity index (χ4n) is 3.27. The molecule has 1 aliphatic heterocycles. The lowest BCUT2D eigenvalue weighted by Gasteiger charge is -2.49. The number of halogens is 1. The number of anilines is 1. The maximum atomic E-state index is 11.4. The molecule has 0 aliphatic carbocycles. The summed E-state index contributed by atoms with van der Waals surface area (Å²) in [7, 11) is 0. The van der Waals surface area contributed by atoms with Gasteiger partial charge in [0.2, 0.25) is 0 Å². The highest BCUT2D eigenvalue weighted by Gasteiger charge is 2.40. The van der Waals surface area contributed by atoms with E-state index in [1.807, 2.05) is 23.1 Å². The largest absolute Gasteiger partial charge is 0.480 e. The molecule has 19 heavy (non-hydrogen) atoms. The van der Waals surface area contributed by atoms with Crippen molar-refractivity contribution in [3.05, 3.63) is 28.8 Å². The zero-order valence-corrected chi connectivity index (χ0v) is 12.5.